The van der Waals surface area contributed by atoms with E-state index in [4.69, 9.17) is 0 Å². The highest BCUT2D eigenvalue weighted by molar-refractivity contribution is 7.89. The molecule has 0 unspecified atom stereocenters. The predicted molar refractivity (Wildman–Crippen MR) is 79.3 cm³/mol. The predicted octanol–water partition coefficient (Wildman–Crippen LogP) is 2.59. The number of fused-ring (bicyclic) bond motifs is 1. The van der Waals surface area contributed by atoms with Crippen LogP contribution in [0.25, 0.3) is 0 Å². The molecule has 0 radical (unpaired) electrons. The zero-order chi connectivity index (χ0) is 15.0. The normalized spacial score (nSPS) is 14.9. The largest absolute Gasteiger partial charge is 0.295 e. The molecule has 1 aliphatic heterocycles. The number of carbonyl (C=O) groups excluding carboxylic acids is 1. The lowest BCUT2D eigenvalue weighted by atomic mass is 10.1. The Balaban J connectivity index is 1.90. The van der Waals surface area contributed by atoms with E-state index in [9.17, 15) is 13.2 Å². The lowest BCUT2D eigenvalue weighted by molar-refractivity contribution is 0.101. The SMILES string of the molecule is CC(=O)c1ccc(S(=O)(=O)N2Cc3ccccc3C2)cc1. The number of carbonyl (C=O) groups is 1. The molecule has 4 nitrogen and oxygen atoms in total. The molecule has 0 atom stereocenters. The quantitative estimate of drug-likeness (QED) is 0.819. The monoisotopic (exact) mass is 301 g/mol. The van der Waals surface area contributed by atoms with Crippen LogP contribution < -0.4 is 0 Å². The summed E-state index contributed by atoms with van der Waals surface area (Å²) in [6.07, 6.45) is 0. The van der Waals surface area contributed by atoms with Gasteiger partial charge in [0.2, 0.25) is 10.0 Å². The molecular formula is C16H15NO3S. The van der Waals surface area contributed by atoms with Crippen LogP contribution in [0.1, 0.15) is 28.4 Å². The van der Waals surface area contributed by atoms with Crippen LogP contribution in [0.4, 0.5) is 0 Å². The Kier molecular flexibility index (Phi) is 3.39. The van der Waals surface area contributed by atoms with Crippen LogP contribution in [0.15, 0.2) is 53.4 Å². The second-order valence-electron chi connectivity index (χ2n) is 5.12. The Morgan fingerprint density at radius 2 is 1.48 bits per heavy atom. The third kappa shape index (κ3) is 2.50. The van der Waals surface area contributed by atoms with E-state index in [1.54, 1.807) is 12.1 Å². The molecule has 2 aromatic carbocycles. The van der Waals surface area contributed by atoms with Gasteiger partial charge < -0.3 is 0 Å². The van der Waals surface area contributed by atoms with Crippen LogP contribution in [-0.2, 0) is 23.1 Å². The molecule has 0 amide bonds. The van der Waals surface area contributed by atoms with Crippen molar-refractivity contribution in [2.75, 3.05) is 0 Å². The fourth-order valence-corrected chi connectivity index (χ4v) is 3.88. The van der Waals surface area contributed by atoms with E-state index in [1.807, 2.05) is 24.3 Å². The van der Waals surface area contributed by atoms with Crippen molar-refractivity contribution < 1.29 is 13.2 Å². The molecule has 108 valence electrons. The number of benzene rings is 2. The topological polar surface area (TPSA) is 54.5 Å². The van der Waals surface area contributed by atoms with E-state index < -0.39 is 10.0 Å². The van der Waals surface area contributed by atoms with Crippen molar-refractivity contribution in [2.45, 2.75) is 24.9 Å². The Hall–Kier alpha value is -1.98. The van der Waals surface area contributed by atoms with E-state index in [2.05, 4.69) is 0 Å². The van der Waals surface area contributed by atoms with Crippen LogP contribution in [0.2, 0.25) is 0 Å². The summed E-state index contributed by atoms with van der Waals surface area (Å²) in [6, 6.07) is 13.8. The first kappa shape index (κ1) is 14.0. The first-order chi connectivity index (χ1) is 9.98. The van der Waals surface area contributed by atoms with Crippen molar-refractivity contribution in [3.8, 4) is 0 Å². The number of nitrogens with zero attached hydrogens (tertiary/aromatic N) is 1. The Morgan fingerprint density at radius 1 is 0.952 bits per heavy atom. The van der Waals surface area contributed by atoms with Crippen LogP contribution in [-0.4, -0.2) is 18.5 Å². The van der Waals surface area contributed by atoms with E-state index >= 15 is 0 Å². The molecule has 0 fully saturated rings. The highest BCUT2D eigenvalue weighted by atomic mass is 32.2. The van der Waals surface area contributed by atoms with Gasteiger partial charge in [-0.05, 0) is 30.2 Å². The molecule has 0 spiro atoms. The van der Waals surface area contributed by atoms with Crippen LogP contribution in [0.5, 0.6) is 0 Å². The summed E-state index contributed by atoms with van der Waals surface area (Å²) in [5.74, 6) is -0.0764. The highest BCUT2D eigenvalue weighted by Crippen LogP contribution is 2.28. The molecular weight excluding hydrogens is 286 g/mol. The smallest absolute Gasteiger partial charge is 0.243 e. The molecule has 0 aromatic heterocycles. The van der Waals surface area contributed by atoms with Gasteiger partial charge in [-0.3, -0.25) is 4.79 Å². The lowest BCUT2D eigenvalue weighted by Gasteiger charge is -2.15. The standard InChI is InChI=1S/C16H15NO3S/c1-12(18)13-6-8-16(9-7-13)21(19,20)17-10-14-4-2-3-5-15(14)11-17/h2-9H,10-11H2,1H3. The average Bonchev–Trinajstić information content (AvgIpc) is 2.92. The van der Waals surface area contributed by atoms with Gasteiger partial charge in [-0.15, -0.1) is 0 Å². The first-order valence-electron chi connectivity index (χ1n) is 6.66. The molecule has 1 aliphatic rings. The summed E-state index contributed by atoms with van der Waals surface area (Å²) in [5.41, 5.74) is 2.60. The molecule has 0 N–H and O–H groups in total. The van der Waals surface area contributed by atoms with Gasteiger partial charge in [0.1, 0.15) is 0 Å². The van der Waals surface area contributed by atoms with Gasteiger partial charge >= 0.3 is 0 Å². The Morgan fingerprint density at radius 3 is 1.95 bits per heavy atom. The Labute approximate surface area is 124 Å². The second-order valence-corrected chi connectivity index (χ2v) is 7.06. The van der Waals surface area contributed by atoms with Gasteiger partial charge in [0.05, 0.1) is 4.90 Å². The lowest BCUT2D eigenvalue weighted by Crippen LogP contribution is -2.25. The highest BCUT2D eigenvalue weighted by Gasteiger charge is 2.30. The molecule has 0 bridgehead atoms. The van der Waals surface area contributed by atoms with E-state index in [1.165, 1.54) is 23.4 Å². The number of Topliss-reactive ketones (excluding diaryl/α,β-unsaturated/α-hetero) is 1. The summed E-state index contributed by atoms with van der Waals surface area (Å²) >= 11 is 0. The summed E-state index contributed by atoms with van der Waals surface area (Å²) < 4.78 is 26.7. The number of sulfonamides is 1. The number of hydrogen-bond donors (Lipinski definition) is 0. The van der Waals surface area contributed by atoms with Crippen molar-refractivity contribution in [3.05, 3.63) is 65.2 Å². The zero-order valence-corrected chi connectivity index (χ0v) is 12.4. The van der Waals surface area contributed by atoms with Gasteiger partial charge in [-0.1, -0.05) is 36.4 Å². The third-order valence-corrected chi connectivity index (χ3v) is 5.52. The molecule has 2 aromatic rings. The van der Waals surface area contributed by atoms with Crippen molar-refractivity contribution in [2.24, 2.45) is 0 Å². The van der Waals surface area contributed by atoms with E-state index in [0.29, 0.717) is 18.7 Å². The van der Waals surface area contributed by atoms with Gasteiger partial charge in [0.25, 0.3) is 0 Å². The fraction of sp³-hybridized carbons (Fsp3) is 0.188. The molecule has 5 heteroatoms. The molecule has 21 heavy (non-hydrogen) atoms. The third-order valence-electron chi connectivity index (χ3n) is 3.71. The fourth-order valence-electron chi connectivity index (χ4n) is 2.48. The van der Waals surface area contributed by atoms with Crippen molar-refractivity contribution in [1.29, 1.82) is 0 Å². The van der Waals surface area contributed by atoms with E-state index in [-0.39, 0.29) is 10.7 Å². The summed E-state index contributed by atoms with van der Waals surface area (Å²) in [4.78, 5) is 11.5. The minimum atomic E-state index is -3.53. The van der Waals surface area contributed by atoms with E-state index in [0.717, 1.165) is 11.1 Å². The maximum absolute atomic E-state index is 12.6. The van der Waals surface area contributed by atoms with Gasteiger partial charge in [0, 0.05) is 18.7 Å². The minimum absolute atomic E-state index is 0.0764. The summed E-state index contributed by atoms with van der Waals surface area (Å²) in [7, 11) is -3.53. The van der Waals surface area contributed by atoms with Crippen LogP contribution in [0, 0.1) is 0 Å². The van der Waals surface area contributed by atoms with Crippen LogP contribution in [0.3, 0.4) is 0 Å². The number of ketones is 1. The zero-order valence-electron chi connectivity index (χ0n) is 11.6. The first-order valence-corrected chi connectivity index (χ1v) is 8.10. The maximum atomic E-state index is 12.6. The Bertz CT molecular complexity index is 770. The maximum Gasteiger partial charge on any atom is 0.243 e. The number of hydrogen-bond acceptors (Lipinski definition) is 3. The van der Waals surface area contributed by atoms with Crippen molar-refractivity contribution in [3.63, 3.8) is 0 Å². The van der Waals surface area contributed by atoms with Gasteiger partial charge in [-0.25, -0.2) is 8.42 Å². The molecule has 3 rings (SSSR count). The number of rotatable bonds is 3. The van der Waals surface area contributed by atoms with Crippen molar-refractivity contribution >= 4 is 15.8 Å². The molecule has 0 aliphatic carbocycles. The second kappa shape index (κ2) is 5.09. The van der Waals surface area contributed by atoms with Gasteiger partial charge in [-0.2, -0.15) is 4.31 Å². The summed E-state index contributed by atoms with van der Waals surface area (Å²) in [5, 5.41) is 0. The minimum Gasteiger partial charge on any atom is -0.295 e. The average molecular weight is 301 g/mol. The molecule has 0 saturated carbocycles. The van der Waals surface area contributed by atoms with Crippen LogP contribution >= 0.6 is 0 Å². The van der Waals surface area contributed by atoms with Gasteiger partial charge in [0.15, 0.2) is 5.78 Å². The summed E-state index contributed by atoms with van der Waals surface area (Å²) in [6.45, 7) is 2.25. The molecule has 1 heterocycles. The molecule has 0 saturated heterocycles. The van der Waals surface area contributed by atoms with Crippen molar-refractivity contribution in [1.82, 2.24) is 4.31 Å².